The lowest BCUT2D eigenvalue weighted by Gasteiger charge is -2.16. The van der Waals surface area contributed by atoms with E-state index in [1.807, 2.05) is 0 Å². The Morgan fingerprint density at radius 1 is 0.794 bits per heavy atom. The molecule has 0 saturated carbocycles. The molecule has 4 N–H and O–H groups in total. The van der Waals surface area contributed by atoms with Crippen LogP contribution in [0, 0.1) is 0 Å². The van der Waals surface area contributed by atoms with Gasteiger partial charge in [-0.05, 0) is 32.1 Å². The smallest absolute Gasteiger partial charge is 0.463 e. The summed E-state index contributed by atoms with van der Waals surface area (Å²) in [5, 5.41) is 27.4. The fraction of sp³-hybridized carbons (Fsp3) is 0.875. The molecule has 0 aromatic rings. The van der Waals surface area contributed by atoms with E-state index in [0.717, 1.165) is 32.1 Å². The van der Waals surface area contributed by atoms with E-state index in [1.54, 1.807) is 0 Å². The number of aliphatic hydroxyl groups is 3. The van der Waals surface area contributed by atoms with Crippen LogP contribution < -0.4 is 0 Å². The lowest BCUT2D eigenvalue weighted by atomic mass is 10.1. The standard InChI is InChI=1S/C24H47O9P/c1-2-3-4-5-6-7-8-9-10-11-12-13-14-15-16-17-24(28)31-19-23(27)21-33-34(29,30)32-20-22(26)18-25/h9-10,22-23,25-27H,2-8,11-21H2,1H3,(H,29,30). The summed E-state index contributed by atoms with van der Waals surface area (Å²) in [6.45, 7) is 0.0769. The summed E-state index contributed by atoms with van der Waals surface area (Å²) in [6, 6.07) is 0. The van der Waals surface area contributed by atoms with Crippen LogP contribution in [0.25, 0.3) is 0 Å². The molecule has 0 fully saturated rings. The highest BCUT2D eigenvalue weighted by atomic mass is 31.2. The Bertz CT molecular complexity index is 557. The number of carbonyl (C=O) groups excluding carboxylic acids is 1. The van der Waals surface area contributed by atoms with Crippen LogP contribution in [-0.2, 0) is 23.1 Å². The summed E-state index contributed by atoms with van der Waals surface area (Å²) in [7, 11) is -4.48. The molecule has 0 bridgehead atoms. The lowest BCUT2D eigenvalue weighted by Crippen LogP contribution is -2.24. The molecule has 0 aromatic carbocycles. The van der Waals surface area contributed by atoms with Crippen molar-refractivity contribution < 1.29 is 43.4 Å². The first kappa shape index (κ1) is 33.2. The van der Waals surface area contributed by atoms with Crippen molar-refractivity contribution in [2.45, 2.75) is 109 Å². The van der Waals surface area contributed by atoms with E-state index in [0.29, 0.717) is 6.42 Å². The number of phosphoric ester groups is 1. The lowest BCUT2D eigenvalue weighted by molar-refractivity contribution is -0.147. The van der Waals surface area contributed by atoms with E-state index in [-0.39, 0.29) is 13.0 Å². The molecule has 0 aliphatic carbocycles. The highest BCUT2D eigenvalue weighted by Crippen LogP contribution is 2.43. The Kier molecular flexibility index (Phi) is 22.1. The zero-order valence-corrected chi connectivity index (χ0v) is 21.7. The molecular formula is C24H47O9P. The predicted octanol–water partition coefficient (Wildman–Crippen LogP) is 4.41. The number of aliphatic hydroxyl groups excluding tert-OH is 3. The fourth-order valence-electron chi connectivity index (χ4n) is 3.10. The molecule has 0 aromatic heterocycles. The molecule has 0 spiro atoms. The van der Waals surface area contributed by atoms with Gasteiger partial charge in [0.25, 0.3) is 0 Å². The predicted molar refractivity (Wildman–Crippen MR) is 131 cm³/mol. The molecule has 202 valence electrons. The van der Waals surface area contributed by atoms with E-state index < -0.39 is 45.8 Å². The molecule has 0 saturated heterocycles. The normalized spacial score (nSPS) is 15.3. The van der Waals surface area contributed by atoms with Crippen molar-refractivity contribution in [1.29, 1.82) is 0 Å². The highest BCUT2D eigenvalue weighted by molar-refractivity contribution is 7.47. The van der Waals surface area contributed by atoms with Gasteiger partial charge in [0.1, 0.15) is 18.8 Å². The summed E-state index contributed by atoms with van der Waals surface area (Å²) in [6.07, 6.45) is 17.5. The second kappa shape index (κ2) is 22.7. The Morgan fingerprint density at radius 3 is 1.85 bits per heavy atom. The Morgan fingerprint density at radius 2 is 1.29 bits per heavy atom. The van der Waals surface area contributed by atoms with Crippen molar-refractivity contribution in [3.05, 3.63) is 12.2 Å². The summed E-state index contributed by atoms with van der Waals surface area (Å²) in [4.78, 5) is 21.1. The quantitative estimate of drug-likeness (QED) is 0.0642. The van der Waals surface area contributed by atoms with Gasteiger partial charge in [-0.1, -0.05) is 70.4 Å². The molecule has 0 heterocycles. The number of phosphoric acid groups is 1. The van der Waals surface area contributed by atoms with Crippen molar-refractivity contribution >= 4 is 13.8 Å². The van der Waals surface area contributed by atoms with Gasteiger partial charge in [0.15, 0.2) is 0 Å². The van der Waals surface area contributed by atoms with E-state index in [4.69, 9.17) is 14.9 Å². The van der Waals surface area contributed by atoms with Gasteiger partial charge in [0, 0.05) is 6.42 Å². The molecule has 0 rings (SSSR count). The molecule has 9 nitrogen and oxygen atoms in total. The summed E-state index contributed by atoms with van der Waals surface area (Å²) in [5.41, 5.74) is 0. The van der Waals surface area contributed by atoms with Crippen molar-refractivity contribution in [1.82, 2.24) is 0 Å². The number of esters is 1. The molecule has 0 amide bonds. The largest absolute Gasteiger partial charge is 0.472 e. The minimum atomic E-state index is -4.48. The monoisotopic (exact) mass is 510 g/mol. The second-order valence-corrected chi connectivity index (χ2v) is 10.0. The maximum atomic E-state index is 11.7. The van der Waals surface area contributed by atoms with E-state index in [2.05, 4.69) is 28.1 Å². The Labute approximate surface area is 205 Å². The Hall–Kier alpha value is -0.800. The molecule has 0 aliphatic heterocycles. The number of allylic oxidation sites excluding steroid dienone is 2. The maximum Gasteiger partial charge on any atom is 0.472 e. The van der Waals surface area contributed by atoms with Gasteiger partial charge in [-0.3, -0.25) is 13.8 Å². The van der Waals surface area contributed by atoms with Gasteiger partial charge >= 0.3 is 13.8 Å². The third-order valence-corrected chi connectivity index (χ3v) is 6.10. The topological polar surface area (TPSA) is 143 Å². The molecule has 0 aliphatic rings. The summed E-state index contributed by atoms with van der Waals surface area (Å²) < 4.78 is 25.5. The molecule has 10 heteroatoms. The Balaban J connectivity index is 3.56. The third-order valence-electron chi connectivity index (χ3n) is 5.15. The van der Waals surface area contributed by atoms with Crippen molar-refractivity contribution in [3.63, 3.8) is 0 Å². The number of carbonyl (C=O) groups is 1. The van der Waals surface area contributed by atoms with Gasteiger partial charge in [-0.15, -0.1) is 0 Å². The third kappa shape index (κ3) is 23.0. The zero-order chi connectivity index (χ0) is 25.5. The van der Waals surface area contributed by atoms with Gasteiger partial charge in [-0.2, -0.15) is 0 Å². The number of unbranched alkanes of at least 4 members (excludes halogenated alkanes) is 11. The van der Waals surface area contributed by atoms with Crippen LogP contribution in [0.1, 0.15) is 96.8 Å². The summed E-state index contributed by atoms with van der Waals surface area (Å²) in [5.74, 6) is -0.439. The zero-order valence-electron chi connectivity index (χ0n) is 20.8. The molecular weight excluding hydrogens is 463 g/mol. The van der Waals surface area contributed by atoms with Gasteiger partial charge in [-0.25, -0.2) is 4.57 Å². The van der Waals surface area contributed by atoms with Gasteiger partial charge in [0.2, 0.25) is 0 Å². The summed E-state index contributed by atoms with van der Waals surface area (Å²) >= 11 is 0. The van der Waals surface area contributed by atoms with Crippen molar-refractivity contribution in [3.8, 4) is 0 Å². The van der Waals surface area contributed by atoms with Gasteiger partial charge < -0.3 is 24.9 Å². The molecule has 3 unspecified atom stereocenters. The van der Waals surface area contributed by atoms with E-state index >= 15 is 0 Å². The van der Waals surface area contributed by atoms with Crippen LogP contribution in [0.5, 0.6) is 0 Å². The van der Waals surface area contributed by atoms with Crippen LogP contribution in [-0.4, -0.2) is 64.8 Å². The van der Waals surface area contributed by atoms with Crippen LogP contribution in [0.2, 0.25) is 0 Å². The van der Waals surface area contributed by atoms with E-state index in [9.17, 15) is 19.4 Å². The minimum Gasteiger partial charge on any atom is -0.463 e. The first-order valence-electron chi connectivity index (χ1n) is 12.7. The molecule has 34 heavy (non-hydrogen) atoms. The second-order valence-electron chi connectivity index (χ2n) is 8.57. The first-order chi connectivity index (χ1) is 16.3. The van der Waals surface area contributed by atoms with E-state index in [1.165, 1.54) is 44.9 Å². The van der Waals surface area contributed by atoms with Crippen LogP contribution >= 0.6 is 7.82 Å². The van der Waals surface area contributed by atoms with Gasteiger partial charge in [0.05, 0.1) is 19.8 Å². The minimum absolute atomic E-state index is 0.256. The van der Waals surface area contributed by atoms with Crippen molar-refractivity contribution in [2.24, 2.45) is 0 Å². The number of hydrogen-bond donors (Lipinski definition) is 4. The SMILES string of the molecule is CCCCCCCCC=CCCCCCCCC(=O)OCC(O)COP(=O)(O)OCC(O)CO. The average Bonchev–Trinajstić information content (AvgIpc) is 2.82. The molecule has 0 radical (unpaired) electrons. The number of ether oxygens (including phenoxy) is 1. The number of hydrogen-bond acceptors (Lipinski definition) is 8. The number of rotatable bonds is 24. The fourth-order valence-corrected chi connectivity index (χ4v) is 3.90. The van der Waals surface area contributed by atoms with Crippen LogP contribution in [0.3, 0.4) is 0 Å². The van der Waals surface area contributed by atoms with Crippen LogP contribution in [0.15, 0.2) is 12.2 Å². The maximum absolute atomic E-state index is 11.7. The average molecular weight is 511 g/mol. The van der Waals surface area contributed by atoms with Crippen LogP contribution in [0.4, 0.5) is 0 Å². The van der Waals surface area contributed by atoms with Crippen molar-refractivity contribution in [2.75, 3.05) is 26.4 Å². The first-order valence-corrected chi connectivity index (χ1v) is 14.2. The highest BCUT2D eigenvalue weighted by Gasteiger charge is 2.24. The molecule has 3 atom stereocenters.